The number of nitrogens with one attached hydrogen (secondary N) is 1. The van der Waals surface area contributed by atoms with Crippen LogP contribution in [0.2, 0.25) is 5.02 Å². The summed E-state index contributed by atoms with van der Waals surface area (Å²) >= 11 is 6.06. The molecule has 0 spiro atoms. The lowest BCUT2D eigenvalue weighted by Gasteiger charge is -2.09. The van der Waals surface area contributed by atoms with Crippen LogP contribution in [-0.4, -0.2) is 18.2 Å². The molecule has 0 unspecified atom stereocenters. The van der Waals surface area contributed by atoms with Crippen LogP contribution >= 0.6 is 11.6 Å². The zero-order valence-corrected chi connectivity index (χ0v) is 13.3. The molecule has 0 aliphatic heterocycles. The normalized spacial score (nSPS) is 10.5. The second-order valence-electron chi connectivity index (χ2n) is 5.02. The number of ether oxygens (including phenoxy) is 1. The van der Waals surface area contributed by atoms with Gasteiger partial charge in [-0.15, -0.1) is 0 Å². The Morgan fingerprint density at radius 3 is 2.64 bits per heavy atom. The summed E-state index contributed by atoms with van der Waals surface area (Å²) in [5.41, 5.74) is 3.45. The van der Waals surface area contributed by atoms with Gasteiger partial charge < -0.3 is 15.2 Å². The Kier molecular flexibility index (Phi) is 5.41. The van der Waals surface area contributed by atoms with Gasteiger partial charge in [0.25, 0.3) is 0 Å². The first-order chi connectivity index (χ1) is 10.5. The van der Waals surface area contributed by atoms with Crippen molar-refractivity contribution in [1.29, 1.82) is 0 Å². The van der Waals surface area contributed by atoms with Crippen LogP contribution in [0.3, 0.4) is 0 Å². The van der Waals surface area contributed by atoms with E-state index in [9.17, 15) is 9.90 Å². The monoisotopic (exact) mass is 319 g/mol. The van der Waals surface area contributed by atoms with E-state index in [4.69, 9.17) is 16.3 Å². The summed E-state index contributed by atoms with van der Waals surface area (Å²) in [5.74, 6) is -0.171. The molecule has 0 heterocycles. The SMILES string of the molecule is COC(=O)c1ccc(CNCc2ccc(O)cc2Cl)cc1C. The van der Waals surface area contributed by atoms with Crippen molar-refractivity contribution in [2.45, 2.75) is 20.0 Å². The predicted octanol–water partition coefficient (Wildman–Crippen LogP) is 3.43. The summed E-state index contributed by atoms with van der Waals surface area (Å²) in [6, 6.07) is 10.5. The van der Waals surface area contributed by atoms with Gasteiger partial charge in [-0.1, -0.05) is 29.8 Å². The molecule has 0 amide bonds. The van der Waals surface area contributed by atoms with Crippen molar-refractivity contribution in [2.24, 2.45) is 0 Å². The molecule has 0 radical (unpaired) electrons. The molecule has 22 heavy (non-hydrogen) atoms. The first-order valence-corrected chi connectivity index (χ1v) is 7.25. The van der Waals surface area contributed by atoms with Crippen molar-refractivity contribution in [3.63, 3.8) is 0 Å². The van der Waals surface area contributed by atoms with Gasteiger partial charge in [0.1, 0.15) is 5.75 Å². The zero-order valence-electron chi connectivity index (χ0n) is 12.5. The number of methoxy groups -OCH3 is 1. The largest absolute Gasteiger partial charge is 0.508 e. The van der Waals surface area contributed by atoms with Gasteiger partial charge >= 0.3 is 5.97 Å². The minimum absolute atomic E-state index is 0.155. The van der Waals surface area contributed by atoms with Gasteiger partial charge in [0.15, 0.2) is 0 Å². The Labute approximate surface area is 134 Å². The van der Waals surface area contributed by atoms with Gasteiger partial charge in [0, 0.05) is 18.1 Å². The van der Waals surface area contributed by atoms with Crippen LogP contribution in [0.1, 0.15) is 27.0 Å². The second-order valence-corrected chi connectivity index (χ2v) is 5.43. The number of phenolic OH excluding ortho intramolecular Hbond substituents is 1. The third-order valence-electron chi connectivity index (χ3n) is 3.38. The highest BCUT2D eigenvalue weighted by Crippen LogP contribution is 2.21. The van der Waals surface area contributed by atoms with Crippen LogP contribution in [0.25, 0.3) is 0 Å². The van der Waals surface area contributed by atoms with E-state index in [-0.39, 0.29) is 11.7 Å². The molecule has 0 atom stereocenters. The van der Waals surface area contributed by atoms with Crippen molar-refractivity contribution in [1.82, 2.24) is 5.32 Å². The van der Waals surface area contributed by atoms with Crippen LogP contribution in [0.15, 0.2) is 36.4 Å². The molecule has 0 saturated heterocycles. The van der Waals surface area contributed by atoms with E-state index in [0.29, 0.717) is 23.7 Å². The first kappa shape index (κ1) is 16.3. The number of carbonyl (C=O) groups is 1. The molecule has 4 nitrogen and oxygen atoms in total. The number of esters is 1. The van der Waals surface area contributed by atoms with Gasteiger partial charge in [-0.05, 0) is 41.8 Å². The third-order valence-corrected chi connectivity index (χ3v) is 3.73. The van der Waals surface area contributed by atoms with Crippen molar-refractivity contribution < 1.29 is 14.6 Å². The molecule has 2 aromatic carbocycles. The molecule has 0 aliphatic carbocycles. The van der Waals surface area contributed by atoms with E-state index in [0.717, 1.165) is 16.7 Å². The van der Waals surface area contributed by atoms with Gasteiger partial charge in [-0.2, -0.15) is 0 Å². The van der Waals surface area contributed by atoms with Crippen LogP contribution < -0.4 is 5.32 Å². The average Bonchev–Trinajstić information content (AvgIpc) is 2.49. The molecule has 2 rings (SSSR count). The Balaban J connectivity index is 1.97. The minimum atomic E-state index is -0.326. The van der Waals surface area contributed by atoms with Crippen LogP contribution in [0.5, 0.6) is 5.75 Å². The van der Waals surface area contributed by atoms with Crippen molar-refractivity contribution in [3.8, 4) is 5.75 Å². The minimum Gasteiger partial charge on any atom is -0.508 e. The zero-order chi connectivity index (χ0) is 16.1. The second kappa shape index (κ2) is 7.29. The highest BCUT2D eigenvalue weighted by molar-refractivity contribution is 6.31. The predicted molar refractivity (Wildman–Crippen MR) is 86.2 cm³/mol. The van der Waals surface area contributed by atoms with Gasteiger partial charge in [0.2, 0.25) is 0 Å². The molecular weight excluding hydrogens is 302 g/mol. The molecule has 5 heteroatoms. The molecule has 0 saturated carbocycles. The van der Waals surface area contributed by atoms with E-state index in [1.165, 1.54) is 13.2 Å². The van der Waals surface area contributed by atoms with E-state index >= 15 is 0 Å². The summed E-state index contributed by atoms with van der Waals surface area (Å²) in [5, 5.41) is 13.1. The van der Waals surface area contributed by atoms with Crippen molar-refractivity contribution >= 4 is 17.6 Å². The highest BCUT2D eigenvalue weighted by atomic mass is 35.5. The number of halogens is 1. The Morgan fingerprint density at radius 2 is 2.00 bits per heavy atom. The fourth-order valence-corrected chi connectivity index (χ4v) is 2.44. The Bertz CT molecular complexity index is 686. The maximum absolute atomic E-state index is 11.5. The fraction of sp³-hybridized carbons (Fsp3) is 0.235. The molecule has 0 aromatic heterocycles. The first-order valence-electron chi connectivity index (χ1n) is 6.87. The summed E-state index contributed by atoms with van der Waals surface area (Å²) in [6.07, 6.45) is 0. The van der Waals surface area contributed by atoms with Crippen molar-refractivity contribution in [2.75, 3.05) is 7.11 Å². The number of rotatable bonds is 5. The number of hydrogen-bond acceptors (Lipinski definition) is 4. The smallest absolute Gasteiger partial charge is 0.338 e. The van der Waals surface area contributed by atoms with Crippen LogP contribution in [-0.2, 0) is 17.8 Å². The van der Waals surface area contributed by atoms with Gasteiger partial charge in [-0.3, -0.25) is 0 Å². The summed E-state index contributed by atoms with van der Waals surface area (Å²) < 4.78 is 4.73. The lowest BCUT2D eigenvalue weighted by atomic mass is 10.1. The van der Waals surface area contributed by atoms with Gasteiger partial charge in [0.05, 0.1) is 12.7 Å². The number of hydrogen-bond donors (Lipinski definition) is 2. The van der Waals surface area contributed by atoms with Crippen LogP contribution in [0.4, 0.5) is 0 Å². The Hall–Kier alpha value is -2.04. The molecule has 2 aromatic rings. The molecule has 116 valence electrons. The Morgan fingerprint density at radius 1 is 1.23 bits per heavy atom. The lowest BCUT2D eigenvalue weighted by Crippen LogP contribution is -2.13. The average molecular weight is 320 g/mol. The summed E-state index contributed by atoms with van der Waals surface area (Å²) in [4.78, 5) is 11.5. The van der Waals surface area contributed by atoms with Gasteiger partial charge in [-0.25, -0.2) is 4.79 Å². The number of aromatic hydroxyl groups is 1. The number of phenols is 1. The number of benzene rings is 2. The van der Waals surface area contributed by atoms with E-state index in [1.54, 1.807) is 18.2 Å². The molecular formula is C17H18ClNO3. The molecule has 0 fully saturated rings. The van der Waals surface area contributed by atoms with E-state index in [2.05, 4.69) is 5.32 Å². The maximum Gasteiger partial charge on any atom is 0.338 e. The molecule has 2 N–H and O–H groups in total. The number of aryl methyl sites for hydroxylation is 1. The molecule has 0 aliphatic rings. The highest BCUT2D eigenvalue weighted by Gasteiger charge is 2.09. The molecule has 0 bridgehead atoms. The third kappa shape index (κ3) is 4.00. The van der Waals surface area contributed by atoms with Crippen LogP contribution in [0, 0.1) is 6.92 Å². The maximum atomic E-state index is 11.5. The lowest BCUT2D eigenvalue weighted by molar-refractivity contribution is 0.0600. The number of carbonyl (C=O) groups excluding carboxylic acids is 1. The summed E-state index contributed by atoms with van der Waals surface area (Å²) in [6.45, 7) is 3.13. The van der Waals surface area contributed by atoms with E-state index < -0.39 is 0 Å². The summed E-state index contributed by atoms with van der Waals surface area (Å²) in [7, 11) is 1.37. The van der Waals surface area contributed by atoms with E-state index in [1.807, 2.05) is 19.1 Å². The quantitative estimate of drug-likeness (QED) is 0.829. The topological polar surface area (TPSA) is 58.6 Å². The fourth-order valence-electron chi connectivity index (χ4n) is 2.20. The standard InChI is InChI=1S/C17H18ClNO3/c1-11-7-12(3-6-15(11)17(21)22-2)9-19-10-13-4-5-14(20)8-16(13)18/h3-8,19-20H,9-10H2,1-2H3. The van der Waals surface area contributed by atoms with Crippen molar-refractivity contribution in [3.05, 3.63) is 63.7 Å².